The molecule has 18 heavy (non-hydrogen) atoms. The fourth-order valence-corrected chi connectivity index (χ4v) is 2.23. The summed E-state index contributed by atoms with van der Waals surface area (Å²) >= 11 is 0. The van der Waals surface area contributed by atoms with Gasteiger partial charge >= 0.3 is 0 Å². The van der Waals surface area contributed by atoms with Gasteiger partial charge in [0.1, 0.15) is 0 Å². The summed E-state index contributed by atoms with van der Waals surface area (Å²) in [7, 11) is 0. The molecule has 0 amide bonds. The van der Waals surface area contributed by atoms with Crippen LogP contribution in [0.15, 0.2) is 30.3 Å². The predicted octanol–water partition coefficient (Wildman–Crippen LogP) is 3.27. The summed E-state index contributed by atoms with van der Waals surface area (Å²) in [5.74, 6) is 0.722. The zero-order chi connectivity index (χ0) is 13.4. The van der Waals surface area contributed by atoms with Crippen molar-refractivity contribution in [2.75, 3.05) is 13.1 Å². The van der Waals surface area contributed by atoms with Crippen LogP contribution < -0.4 is 5.73 Å². The van der Waals surface area contributed by atoms with Crippen LogP contribution >= 0.6 is 0 Å². The molecule has 0 saturated carbocycles. The van der Waals surface area contributed by atoms with Crippen LogP contribution in [0, 0.1) is 5.92 Å². The molecule has 0 radical (unpaired) electrons. The normalized spacial score (nSPS) is 13.2. The number of rotatable bonds is 8. The van der Waals surface area contributed by atoms with Crippen molar-refractivity contribution in [1.82, 2.24) is 4.90 Å². The highest BCUT2D eigenvalue weighted by Gasteiger charge is 2.13. The zero-order valence-corrected chi connectivity index (χ0v) is 12.1. The maximum absolute atomic E-state index is 5.58. The highest BCUT2D eigenvalue weighted by Crippen LogP contribution is 2.13. The Morgan fingerprint density at radius 1 is 1.11 bits per heavy atom. The number of hydrogen-bond acceptors (Lipinski definition) is 2. The molecule has 2 heteroatoms. The highest BCUT2D eigenvalue weighted by atomic mass is 15.1. The average molecular weight is 248 g/mol. The number of nitrogens with two attached hydrogens (primary N) is 1. The lowest BCUT2D eigenvalue weighted by atomic mass is 10.0. The van der Waals surface area contributed by atoms with Crippen LogP contribution in [0.25, 0.3) is 0 Å². The van der Waals surface area contributed by atoms with Crippen molar-refractivity contribution in [3.63, 3.8) is 0 Å². The summed E-state index contributed by atoms with van der Waals surface area (Å²) in [5.41, 5.74) is 6.98. The van der Waals surface area contributed by atoms with Crippen molar-refractivity contribution in [3.05, 3.63) is 35.9 Å². The van der Waals surface area contributed by atoms with Gasteiger partial charge in [-0.1, -0.05) is 37.3 Å². The van der Waals surface area contributed by atoms with Crippen LogP contribution in [0.1, 0.15) is 39.2 Å². The molecule has 0 saturated heterocycles. The van der Waals surface area contributed by atoms with E-state index in [1.54, 1.807) is 0 Å². The predicted molar refractivity (Wildman–Crippen MR) is 79.4 cm³/mol. The molecule has 0 aromatic heterocycles. The molecule has 0 bridgehead atoms. The van der Waals surface area contributed by atoms with Crippen molar-refractivity contribution < 1.29 is 0 Å². The third-order valence-electron chi connectivity index (χ3n) is 3.41. The molecule has 1 unspecified atom stereocenters. The van der Waals surface area contributed by atoms with Crippen LogP contribution in [0.3, 0.4) is 0 Å². The summed E-state index contributed by atoms with van der Waals surface area (Å²) in [6, 6.07) is 11.3. The Kier molecular flexibility index (Phi) is 6.99. The molecule has 1 aromatic carbocycles. The van der Waals surface area contributed by atoms with E-state index in [0.717, 1.165) is 32.0 Å². The summed E-state index contributed by atoms with van der Waals surface area (Å²) in [6.45, 7) is 9.90. The quantitative estimate of drug-likeness (QED) is 0.765. The molecule has 2 N–H and O–H groups in total. The van der Waals surface area contributed by atoms with E-state index in [9.17, 15) is 0 Å². The lowest BCUT2D eigenvalue weighted by molar-refractivity contribution is 0.179. The van der Waals surface area contributed by atoms with E-state index in [2.05, 4.69) is 56.0 Å². The van der Waals surface area contributed by atoms with Crippen LogP contribution in [0.4, 0.5) is 0 Å². The lowest BCUT2D eigenvalue weighted by Gasteiger charge is -2.29. The van der Waals surface area contributed by atoms with Crippen LogP contribution in [-0.4, -0.2) is 24.0 Å². The van der Waals surface area contributed by atoms with Gasteiger partial charge in [-0.3, -0.25) is 4.90 Å². The second-order valence-electron chi connectivity index (χ2n) is 5.54. The van der Waals surface area contributed by atoms with E-state index >= 15 is 0 Å². The van der Waals surface area contributed by atoms with E-state index in [4.69, 9.17) is 5.73 Å². The van der Waals surface area contributed by atoms with Crippen LogP contribution in [0.2, 0.25) is 0 Å². The first-order valence-corrected chi connectivity index (χ1v) is 7.11. The van der Waals surface area contributed by atoms with Crippen LogP contribution in [0.5, 0.6) is 0 Å². The number of nitrogens with zero attached hydrogens (tertiary/aromatic N) is 1. The van der Waals surface area contributed by atoms with E-state index in [1.165, 1.54) is 12.0 Å². The van der Waals surface area contributed by atoms with E-state index in [0.29, 0.717) is 6.04 Å². The van der Waals surface area contributed by atoms with Gasteiger partial charge in [0, 0.05) is 19.1 Å². The SMILES string of the molecule is CC(CCCN)CN(Cc1ccccc1)C(C)C. The van der Waals surface area contributed by atoms with Crippen molar-refractivity contribution in [2.24, 2.45) is 11.7 Å². The summed E-state index contributed by atoms with van der Waals surface area (Å²) in [6.07, 6.45) is 2.37. The molecule has 102 valence electrons. The molecule has 1 rings (SSSR count). The second-order valence-corrected chi connectivity index (χ2v) is 5.54. The highest BCUT2D eigenvalue weighted by molar-refractivity contribution is 5.14. The van der Waals surface area contributed by atoms with E-state index in [1.807, 2.05) is 0 Å². The Hall–Kier alpha value is -0.860. The zero-order valence-electron chi connectivity index (χ0n) is 12.1. The largest absolute Gasteiger partial charge is 0.330 e. The monoisotopic (exact) mass is 248 g/mol. The van der Waals surface area contributed by atoms with E-state index in [-0.39, 0.29) is 0 Å². The summed E-state index contributed by atoms with van der Waals surface area (Å²) < 4.78 is 0. The molecule has 0 fully saturated rings. The van der Waals surface area contributed by atoms with Gasteiger partial charge in [-0.2, -0.15) is 0 Å². The Bertz CT molecular complexity index is 308. The minimum Gasteiger partial charge on any atom is -0.330 e. The minimum atomic E-state index is 0.588. The Morgan fingerprint density at radius 3 is 2.33 bits per heavy atom. The van der Waals surface area contributed by atoms with Crippen molar-refractivity contribution in [2.45, 2.75) is 46.2 Å². The van der Waals surface area contributed by atoms with Gasteiger partial charge < -0.3 is 5.73 Å². The summed E-state index contributed by atoms with van der Waals surface area (Å²) in [4.78, 5) is 2.55. The molecule has 1 aromatic rings. The van der Waals surface area contributed by atoms with Gasteiger partial charge in [-0.15, -0.1) is 0 Å². The molecule has 0 spiro atoms. The molecule has 2 nitrogen and oxygen atoms in total. The Labute approximate surface area is 112 Å². The molecular formula is C16H28N2. The first kappa shape index (κ1) is 15.2. The third-order valence-corrected chi connectivity index (χ3v) is 3.41. The first-order chi connectivity index (χ1) is 8.63. The Balaban J connectivity index is 2.50. The van der Waals surface area contributed by atoms with Gasteiger partial charge in [0.15, 0.2) is 0 Å². The average Bonchev–Trinajstić information content (AvgIpc) is 2.36. The molecule has 0 heterocycles. The smallest absolute Gasteiger partial charge is 0.0236 e. The van der Waals surface area contributed by atoms with Crippen molar-refractivity contribution in [3.8, 4) is 0 Å². The number of benzene rings is 1. The van der Waals surface area contributed by atoms with E-state index < -0.39 is 0 Å². The second kappa shape index (κ2) is 8.28. The van der Waals surface area contributed by atoms with Gasteiger partial charge in [0.25, 0.3) is 0 Å². The van der Waals surface area contributed by atoms with Crippen molar-refractivity contribution >= 4 is 0 Å². The molecule has 1 atom stereocenters. The maximum Gasteiger partial charge on any atom is 0.0236 e. The van der Waals surface area contributed by atoms with Gasteiger partial charge in [-0.25, -0.2) is 0 Å². The van der Waals surface area contributed by atoms with Crippen molar-refractivity contribution in [1.29, 1.82) is 0 Å². The van der Waals surface area contributed by atoms with Gasteiger partial charge in [-0.05, 0) is 44.7 Å². The van der Waals surface area contributed by atoms with Gasteiger partial charge in [0.2, 0.25) is 0 Å². The Morgan fingerprint density at radius 2 is 1.78 bits per heavy atom. The van der Waals surface area contributed by atoms with Gasteiger partial charge in [0.05, 0.1) is 0 Å². The maximum atomic E-state index is 5.58. The lowest BCUT2D eigenvalue weighted by Crippen LogP contribution is -2.34. The minimum absolute atomic E-state index is 0.588. The fourth-order valence-electron chi connectivity index (χ4n) is 2.23. The molecule has 0 aliphatic carbocycles. The number of hydrogen-bond donors (Lipinski definition) is 1. The fraction of sp³-hybridized carbons (Fsp3) is 0.625. The first-order valence-electron chi connectivity index (χ1n) is 7.11. The summed E-state index contributed by atoms with van der Waals surface area (Å²) in [5, 5.41) is 0. The third kappa shape index (κ3) is 5.65. The molecular weight excluding hydrogens is 220 g/mol. The molecule has 0 aliphatic rings. The topological polar surface area (TPSA) is 29.3 Å². The standard InChI is InChI=1S/C16H28N2/c1-14(2)18(12-15(3)8-7-11-17)13-16-9-5-4-6-10-16/h4-6,9-10,14-15H,7-8,11-13,17H2,1-3H3. The van der Waals surface area contributed by atoms with Crippen LogP contribution in [-0.2, 0) is 6.54 Å². The molecule has 0 aliphatic heterocycles.